The van der Waals surface area contributed by atoms with E-state index in [1.807, 2.05) is 6.07 Å². The van der Waals surface area contributed by atoms with Crippen LogP contribution in [-0.4, -0.2) is 30.8 Å². The van der Waals surface area contributed by atoms with Crippen molar-refractivity contribution >= 4 is 5.91 Å². The van der Waals surface area contributed by atoms with E-state index < -0.39 is 0 Å². The molecule has 0 heterocycles. The molecule has 5 heteroatoms. The average Bonchev–Trinajstić information content (AvgIpc) is 2.34. The summed E-state index contributed by atoms with van der Waals surface area (Å²) in [7, 11) is 0. The summed E-state index contributed by atoms with van der Waals surface area (Å²) < 4.78 is 5.13. The first-order valence-electron chi connectivity index (χ1n) is 5.22. The number of aliphatic hydroxyl groups is 1. The molecule has 5 nitrogen and oxygen atoms in total. The molecule has 0 atom stereocenters. The van der Waals surface area contributed by atoms with Crippen molar-refractivity contribution in [2.24, 2.45) is 0 Å². The van der Waals surface area contributed by atoms with E-state index in [0.29, 0.717) is 5.75 Å². The summed E-state index contributed by atoms with van der Waals surface area (Å²) in [6, 6.07) is 8.89. The van der Waals surface area contributed by atoms with E-state index in [4.69, 9.17) is 15.1 Å². The van der Waals surface area contributed by atoms with Gasteiger partial charge in [-0.05, 0) is 17.7 Å². The topological polar surface area (TPSA) is 82.3 Å². The molecule has 0 spiro atoms. The number of rotatable bonds is 6. The number of nitrogens with zero attached hydrogens (tertiary/aromatic N) is 1. The average molecular weight is 234 g/mol. The van der Waals surface area contributed by atoms with Gasteiger partial charge in [0.15, 0.2) is 6.61 Å². The molecule has 2 N–H and O–H groups in total. The molecule has 0 aliphatic carbocycles. The van der Waals surface area contributed by atoms with E-state index in [0.717, 1.165) is 5.56 Å². The fourth-order valence-electron chi connectivity index (χ4n) is 1.30. The third kappa shape index (κ3) is 5.00. The summed E-state index contributed by atoms with van der Waals surface area (Å²) in [5, 5.41) is 19.5. The summed E-state index contributed by atoms with van der Waals surface area (Å²) in [6.45, 7) is 0.167. The number of hydrogen-bond acceptors (Lipinski definition) is 4. The normalized spacial score (nSPS) is 9.41. The van der Waals surface area contributed by atoms with Crippen LogP contribution in [0.15, 0.2) is 24.3 Å². The highest BCUT2D eigenvalue weighted by Crippen LogP contribution is 2.13. The van der Waals surface area contributed by atoms with Gasteiger partial charge < -0.3 is 15.2 Å². The molecule has 1 aromatic carbocycles. The van der Waals surface area contributed by atoms with Crippen LogP contribution < -0.4 is 10.1 Å². The van der Waals surface area contributed by atoms with Gasteiger partial charge in [0.1, 0.15) is 11.8 Å². The first-order valence-corrected chi connectivity index (χ1v) is 5.22. The van der Waals surface area contributed by atoms with Crippen LogP contribution in [0, 0.1) is 11.3 Å². The number of nitrogens with one attached hydrogen (secondary N) is 1. The minimum absolute atomic E-state index is 0.0137. The number of carbonyl (C=O) groups excluding carboxylic acids is 1. The van der Waals surface area contributed by atoms with Gasteiger partial charge in [-0.15, -0.1) is 0 Å². The molecule has 1 aromatic rings. The lowest BCUT2D eigenvalue weighted by atomic mass is 10.1. The van der Waals surface area contributed by atoms with Crippen LogP contribution >= 0.6 is 0 Å². The molecular weight excluding hydrogens is 220 g/mol. The molecule has 0 saturated heterocycles. The van der Waals surface area contributed by atoms with Crippen LogP contribution in [0.3, 0.4) is 0 Å². The zero-order chi connectivity index (χ0) is 12.5. The van der Waals surface area contributed by atoms with Crippen LogP contribution in [0.5, 0.6) is 5.75 Å². The number of carbonyl (C=O) groups is 1. The van der Waals surface area contributed by atoms with Crippen molar-refractivity contribution in [3.63, 3.8) is 0 Å². The van der Waals surface area contributed by atoms with Crippen molar-refractivity contribution in [2.45, 2.75) is 6.42 Å². The van der Waals surface area contributed by atoms with Crippen LogP contribution in [0.4, 0.5) is 0 Å². The van der Waals surface area contributed by atoms with E-state index in [2.05, 4.69) is 5.32 Å². The minimum Gasteiger partial charge on any atom is -0.479 e. The molecule has 0 aliphatic rings. The molecule has 90 valence electrons. The molecule has 1 amide bonds. The number of aliphatic hydroxyl groups excluding tert-OH is 1. The SMILES string of the molecule is N#CCOc1cccc(CC(=O)NCCO)c1. The van der Waals surface area contributed by atoms with E-state index in [-0.39, 0.29) is 32.1 Å². The number of benzene rings is 1. The Kier molecular flexibility index (Phi) is 5.55. The Labute approximate surface area is 99.6 Å². The monoisotopic (exact) mass is 234 g/mol. The third-order valence-corrected chi connectivity index (χ3v) is 2.00. The summed E-state index contributed by atoms with van der Waals surface area (Å²) >= 11 is 0. The fourth-order valence-corrected chi connectivity index (χ4v) is 1.30. The fraction of sp³-hybridized carbons (Fsp3) is 0.333. The Hall–Kier alpha value is -2.06. The van der Waals surface area contributed by atoms with Gasteiger partial charge in [0.05, 0.1) is 13.0 Å². The molecule has 0 saturated carbocycles. The highest BCUT2D eigenvalue weighted by atomic mass is 16.5. The number of amides is 1. The Balaban J connectivity index is 2.53. The summed E-state index contributed by atoms with van der Waals surface area (Å²) in [5.41, 5.74) is 0.802. The molecule has 0 bridgehead atoms. The zero-order valence-corrected chi connectivity index (χ0v) is 9.35. The minimum atomic E-state index is -0.156. The number of hydrogen-bond donors (Lipinski definition) is 2. The Bertz CT molecular complexity index is 412. The molecule has 1 rings (SSSR count). The quantitative estimate of drug-likeness (QED) is 0.738. The maximum absolute atomic E-state index is 11.4. The van der Waals surface area contributed by atoms with Gasteiger partial charge in [-0.2, -0.15) is 5.26 Å². The van der Waals surface area contributed by atoms with Crippen molar-refractivity contribution in [2.75, 3.05) is 19.8 Å². The van der Waals surface area contributed by atoms with Crippen molar-refractivity contribution in [3.8, 4) is 11.8 Å². The van der Waals surface area contributed by atoms with Crippen molar-refractivity contribution in [3.05, 3.63) is 29.8 Å². The summed E-state index contributed by atoms with van der Waals surface area (Å²) in [4.78, 5) is 11.4. The smallest absolute Gasteiger partial charge is 0.224 e. The Morgan fingerprint density at radius 1 is 1.53 bits per heavy atom. The molecule has 0 aromatic heterocycles. The van der Waals surface area contributed by atoms with Crippen molar-refractivity contribution < 1.29 is 14.6 Å². The highest BCUT2D eigenvalue weighted by molar-refractivity contribution is 5.78. The second-order valence-electron chi connectivity index (χ2n) is 3.34. The first kappa shape index (κ1) is 13.0. The van der Waals surface area contributed by atoms with Gasteiger partial charge in [0.2, 0.25) is 5.91 Å². The third-order valence-electron chi connectivity index (χ3n) is 2.00. The van der Waals surface area contributed by atoms with Crippen molar-refractivity contribution in [1.29, 1.82) is 5.26 Å². The summed E-state index contributed by atoms with van der Waals surface area (Å²) in [6.07, 6.45) is 0.226. The molecule has 0 unspecified atom stereocenters. The van der Waals surface area contributed by atoms with E-state index in [9.17, 15) is 4.79 Å². The largest absolute Gasteiger partial charge is 0.479 e. The molecule has 0 fully saturated rings. The van der Waals surface area contributed by atoms with Gasteiger partial charge >= 0.3 is 0 Å². The molecule has 0 aliphatic heterocycles. The zero-order valence-electron chi connectivity index (χ0n) is 9.35. The first-order chi connectivity index (χ1) is 8.26. The number of ether oxygens (including phenoxy) is 1. The molecule has 17 heavy (non-hydrogen) atoms. The highest BCUT2D eigenvalue weighted by Gasteiger charge is 2.03. The van der Waals surface area contributed by atoms with Gasteiger partial charge in [-0.3, -0.25) is 4.79 Å². The maximum Gasteiger partial charge on any atom is 0.224 e. The standard InChI is InChI=1S/C12H14N2O3/c13-4-7-17-11-3-1-2-10(8-11)9-12(16)14-5-6-15/h1-3,8,15H,5-7,9H2,(H,14,16). The Morgan fingerprint density at radius 2 is 2.35 bits per heavy atom. The van der Waals surface area contributed by atoms with Gasteiger partial charge in [0, 0.05) is 6.54 Å². The van der Waals surface area contributed by atoms with Gasteiger partial charge in [0.25, 0.3) is 0 Å². The lowest BCUT2D eigenvalue weighted by Gasteiger charge is -2.05. The predicted octanol–water partition coefficient (Wildman–Crippen LogP) is 0.240. The van der Waals surface area contributed by atoms with E-state index in [1.54, 1.807) is 24.3 Å². The van der Waals surface area contributed by atoms with Gasteiger partial charge in [-0.25, -0.2) is 0 Å². The lowest BCUT2D eigenvalue weighted by molar-refractivity contribution is -0.120. The van der Waals surface area contributed by atoms with Crippen LogP contribution in [0.25, 0.3) is 0 Å². The van der Waals surface area contributed by atoms with Crippen molar-refractivity contribution in [1.82, 2.24) is 5.32 Å². The van der Waals surface area contributed by atoms with Crippen LogP contribution in [0.1, 0.15) is 5.56 Å². The maximum atomic E-state index is 11.4. The Morgan fingerprint density at radius 3 is 3.06 bits per heavy atom. The second-order valence-corrected chi connectivity index (χ2v) is 3.34. The molecule has 0 radical (unpaired) electrons. The molecular formula is C12H14N2O3. The van der Waals surface area contributed by atoms with Gasteiger partial charge in [-0.1, -0.05) is 12.1 Å². The predicted molar refractivity (Wildman–Crippen MR) is 61.3 cm³/mol. The van der Waals surface area contributed by atoms with Crippen LogP contribution in [0.2, 0.25) is 0 Å². The number of nitriles is 1. The van der Waals surface area contributed by atoms with E-state index in [1.165, 1.54) is 0 Å². The van der Waals surface area contributed by atoms with Crippen LogP contribution in [-0.2, 0) is 11.2 Å². The lowest BCUT2D eigenvalue weighted by Crippen LogP contribution is -2.27. The summed E-state index contributed by atoms with van der Waals surface area (Å²) in [5.74, 6) is 0.412. The van der Waals surface area contributed by atoms with E-state index >= 15 is 0 Å². The second kappa shape index (κ2) is 7.25.